The van der Waals surface area contributed by atoms with Gasteiger partial charge in [-0.05, 0) is 42.4 Å². The maximum Gasteiger partial charge on any atom is 0.126 e. The predicted molar refractivity (Wildman–Crippen MR) is 144 cm³/mol. The molecule has 35 heavy (non-hydrogen) atoms. The number of rotatable bonds is 5. The van der Waals surface area contributed by atoms with Gasteiger partial charge in [0.1, 0.15) is 10.9 Å². The van der Waals surface area contributed by atoms with Crippen LogP contribution in [0.5, 0.6) is 0 Å². The van der Waals surface area contributed by atoms with E-state index in [-0.39, 0.29) is 0 Å². The molecule has 0 aliphatic carbocycles. The number of nitrogens with one attached hydrogen (secondary N) is 2. The Hall–Kier alpha value is -3.70. The molecule has 0 radical (unpaired) electrons. The Morgan fingerprint density at radius 3 is 2.77 bits per heavy atom. The summed E-state index contributed by atoms with van der Waals surface area (Å²) in [5.41, 5.74) is 5.95. The van der Waals surface area contributed by atoms with E-state index >= 15 is 0 Å². The standard InChI is InChI=1S/C28H26N6S/c1-33-11-13-34(14-12-33)18-19-5-2-3-6-21(19)26-15-23-27(20(16-29)17-31-28(23)35-26)32-25-8-4-7-24-22(25)9-10-30-24/h2-10,15,17,30H,11-14,18H2,1H3,(H,31,32). The second-order valence-corrected chi connectivity index (χ2v) is 10.1. The van der Waals surface area contributed by atoms with Crippen LogP contribution in [0.3, 0.4) is 0 Å². The number of benzene rings is 2. The SMILES string of the molecule is CN1CCN(Cc2ccccc2-c2cc3c(Nc4cccc5[nH]ccc45)c(C#N)cnc3s2)CC1. The van der Waals surface area contributed by atoms with Crippen LogP contribution in [0.25, 0.3) is 31.6 Å². The van der Waals surface area contributed by atoms with Gasteiger partial charge < -0.3 is 15.2 Å². The van der Waals surface area contributed by atoms with E-state index < -0.39 is 0 Å². The van der Waals surface area contributed by atoms with Gasteiger partial charge in [0.25, 0.3) is 0 Å². The molecule has 3 aromatic heterocycles. The summed E-state index contributed by atoms with van der Waals surface area (Å²) in [5.74, 6) is 0. The Morgan fingerprint density at radius 1 is 1.06 bits per heavy atom. The summed E-state index contributed by atoms with van der Waals surface area (Å²) in [5, 5.41) is 15.5. The number of likely N-dealkylation sites (N-methyl/N-ethyl adjacent to an activating group) is 1. The molecule has 0 saturated carbocycles. The first-order valence-corrected chi connectivity index (χ1v) is 12.7. The van der Waals surface area contributed by atoms with Gasteiger partial charge in [0.15, 0.2) is 0 Å². The summed E-state index contributed by atoms with van der Waals surface area (Å²) in [6.07, 6.45) is 3.61. The van der Waals surface area contributed by atoms with E-state index in [0.717, 1.165) is 65.2 Å². The Kier molecular flexibility index (Phi) is 5.71. The molecule has 0 amide bonds. The number of thiophene rings is 1. The third kappa shape index (κ3) is 4.17. The molecular weight excluding hydrogens is 452 g/mol. The molecule has 1 fully saturated rings. The Labute approximate surface area is 208 Å². The first-order valence-electron chi connectivity index (χ1n) is 11.8. The van der Waals surface area contributed by atoms with Gasteiger partial charge in [-0.2, -0.15) is 5.26 Å². The number of aromatic amines is 1. The Balaban J connectivity index is 1.40. The molecule has 2 N–H and O–H groups in total. The van der Waals surface area contributed by atoms with Crippen molar-refractivity contribution in [3.8, 4) is 16.5 Å². The second-order valence-electron chi connectivity index (χ2n) is 9.09. The molecule has 2 aromatic carbocycles. The molecule has 0 bridgehead atoms. The number of fused-ring (bicyclic) bond motifs is 2. The number of H-pyrrole nitrogens is 1. The zero-order chi connectivity index (χ0) is 23.8. The summed E-state index contributed by atoms with van der Waals surface area (Å²) >= 11 is 1.68. The van der Waals surface area contributed by atoms with Gasteiger partial charge >= 0.3 is 0 Å². The smallest absolute Gasteiger partial charge is 0.126 e. The lowest BCUT2D eigenvalue weighted by atomic mass is 10.0. The van der Waals surface area contributed by atoms with Crippen LogP contribution in [0.15, 0.2) is 67.0 Å². The zero-order valence-electron chi connectivity index (χ0n) is 19.6. The third-order valence-electron chi connectivity index (χ3n) is 6.81. The molecule has 1 aliphatic heterocycles. The molecule has 4 heterocycles. The van der Waals surface area contributed by atoms with Crippen molar-refractivity contribution in [3.05, 3.63) is 78.1 Å². The molecule has 6 rings (SSSR count). The highest BCUT2D eigenvalue weighted by Crippen LogP contribution is 2.40. The lowest BCUT2D eigenvalue weighted by Crippen LogP contribution is -2.43. The van der Waals surface area contributed by atoms with Crippen molar-refractivity contribution < 1.29 is 0 Å². The second kappa shape index (κ2) is 9.16. The third-order valence-corrected chi connectivity index (χ3v) is 7.89. The van der Waals surface area contributed by atoms with Gasteiger partial charge in [0, 0.05) is 72.0 Å². The molecule has 7 heteroatoms. The summed E-state index contributed by atoms with van der Waals surface area (Å²) in [4.78, 5) is 14.9. The van der Waals surface area contributed by atoms with Gasteiger partial charge in [-0.1, -0.05) is 30.3 Å². The number of hydrogen-bond donors (Lipinski definition) is 2. The normalized spacial score (nSPS) is 15.0. The summed E-state index contributed by atoms with van der Waals surface area (Å²) in [6.45, 7) is 5.33. The van der Waals surface area contributed by atoms with Crippen molar-refractivity contribution in [1.82, 2.24) is 19.8 Å². The van der Waals surface area contributed by atoms with Crippen molar-refractivity contribution in [2.75, 3.05) is 38.5 Å². The minimum atomic E-state index is 0.542. The molecule has 1 aliphatic rings. The lowest BCUT2D eigenvalue weighted by molar-refractivity contribution is 0.148. The monoisotopic (exact) mass is 478 g/mol. The van der Waals surface area contributed by atoms with Crippen molar-refractivity contribution in [2.45, 2.75) is 6.54 Å². The van der Waals surface area contributed by atoms with E-state index in [0.29, 0.717) is 5.56 Å². The molecule has 174 valence electrons. The van der Waals surface area contributed by atoms with Crippen molar-refractivity contribution >= 4 is 43.8 Å². The number of nitriles is 1. The van der Waals surface area contributed by atoms with Crippen LogP contribution < -0.4 is 5.32 Å². The van der Waals surface area contributed by atoms with E-state index in [1.165, 1.54) is 16.0 Å². The minimum absolute atomic E-state index is 0.542. The molecule has 5 aromatic rings. The average Bonchev–Trinajstić information content (AvgIpc) is 3.54. The van der Waals surface area contributed by atoms with E-state index in [4.69, 9.17) is 0 Å². The first-order chi connectivity index (χ1) is 17.2. The van der Waals surface area contributed by atoms with E-state index in [2.05, 4.69) is 74.6 Å². The van der Waals surface area contributed by atoms with Crippen LogP contribution in [0.2, 0.25) is 0 Å². The highest BCUT2D eigenvalue weighted by atomic mass is 32.1. The van der Waals surface area contributed by atoms with E-state index in [9.17, 15) is 5.26 Å². The highest BCUT2D eigenvalue weighted by molar-refractivity contribution is 7.22. The topological polar surface area (TPSA) is 71.0 Å². The molecular formula is C28H26N6S. The fourth-order valence-corrected chi connectivity index (χ4v) is 5.89. The van der Waals surface area contributed by atoms with Crippen molar-refractivity contribution in [3.63, 3.8) is 0 Å². The highest BCUT2D eigenvalue weighted by Gasteiger charge is 2.19. The van der Waals surface area contributed by atoms with Crippen LogP contribution in [0, 0.1) is 11.3 Å². The predicted octanol–water partition coefficient (Wildman–Crippen LogP) is 5.81. The number of anilines is 2. The zero-order valence-corrected chi connectivity index (χ0v) is 20.4. The van der Waals surface area contributed by atoms with Crippen LogP contribution in [-0.2, 0) is 6.54 Å². The number of piperazine rings is 1. The van der Waals surface area contributed by atoms with Crippen LogP contribution in [0.1, 0.15) is 11.1 Å². The van der Waals surface area contributed by atoms with Gasteiger partial charge in [-0.3, -0.25) is 4.90 Å². The maximum atomic E-state index is 9.86. The van der Waals surface area contributed by atoms with Gasteiger partial charge in [-0.25, -0.2) is 4.98 Å². The van der Waals surface area contributed by atoms with Crippen molar-refractivity contribution in [1.29, 1.82) is 5.26 Å². The average molecular weight is 479 g/mol. The number of aromatic nitrogens is 2. The summed E-state index contributed by atoms with van der Waals surface area (Å²) in [7, 11) is 2.19. The number of pyridine rings is 1. The molecule has 6 nitrogen and oxygen atoms in total. The van der Waals surface area contributed by atoms with Gasteiger partial charge in [0.05, 0.1) is 11.3 Å². The van der Waals surface area contributed by atoms with Crippen LogP contribution >= 0.6 is 11.3 Å². The fourth-order valence-electron chi connectivity index (χ4n) is 4.82. The van der Waals surface area contributed by atoms with Gasteiger partial charge in [-0.15, -0.1) is 11.3 Å². The molecule has 0 unspecified atom stereocenters. The molecule has 1 saturated heterocycles. The van der Waals surface area contributed by atoms with Crippen LogP contribution in [-0.4, -0.2) is 53.0 Å². The van der Waals surface area contributed by atoms with Crippen LogP contribution in [0.4, 0.5) is 11.4 Å². The lowest BCUT2D eigenvalue weighted by Gasteiger charge is -2.32. The quantitative estimate of drug-likeness (QED) is 0.334. The van der Waals surface area contributed by atoms with Gasteiger partial charge in [0.2, 0.25) is 0 Å². The largest absolute Gasteiger partial charge is 0.361 e. The minimum Gasteiger partial charge on any atom is -0.361 e. The number of hydrogen-bond acceptors (Lipinski definition) is 6. The first kappa shape index (κ1) is 21.8. The maximum absolute atomic E-state index is 9.86. The van der Waals surface area contributed by atoms with E-state index in [1.807, 2.05) is 24.4 Å². The Bertz CT molecular complexity index is 1550. The molecule has 0 atom stereocenters. The Morgan fingerprint density at radius 2 is 1.91 bits per heavy atom. The number of nitrogens with zero attached hydrogens (tertiary/aromatic N) is 4. The van der Waals surface area contributed by atoms with Crippen molar-refractivity contribution in [2.24, 2.45) is 0 Å². The fraction of sp³-hybridized carbons (Fsp3) is 0.214. The molecule has 0 spiro atoms. The van der Waals surface area contributed by atoms with E-state index in [1.54, 1.807) is 17.5 Å². The summed E-state index contributed by atoms with van der Waals surface area (Å²) in [6, 6.07) is 21.3. The summed E-state index contributed by atoms with van der Waals surface area (Å²) < 4.78 is 0.